The Morgan fingerprint density at radius 2 is 1.38 bits per heavy atom. The van der Waals surface area contributed by atoms with Crippen molar-refractivity contribution in [2.45, 2.75) is 86.5 Å². The lowest BCUT2D eigenvalue weighted by Gasteiger charge is -2.25. The Kier molecular flexibility index (Phi) is 12.1. The van der Waals surface area contributed by atoms with Gasteiger partial charge in [-0.05, 0) is 81.5 Å². The first-order valence-electron chi connectivity index (χ1n) is 13.9. The summed E-state index contributed by atoms with van der Waals surface area (Å²) < 4.78 is 22.9. The Hall–Kier alpha value is -3.28. The lowest BCUT2D eigenvalue weighted by atomic mass is 9.85. The van der Waals surface area contributed by atoms with E-state index in [4.69, 9.17) is 18.9 Å². The van der Waals surface area contributed by atoms with Gasteiger partial charge in [-0.3, -0.25) is 9.59 Å². The number of hydrogen-bond acceptors (Lipinski definition) is 6. The Morgan fingerprint density at radius 3 is 1.92 bits per heavy atom. The molecule has 0 amide bonds. The zero-order chi connectivity index (χ0) is 29.1. The second kappa shape index (κ2) is 14.8. The van der Waals surface area contributed by atoms with Gasteiger partial charge in [0.15, 0.2) is 5.78 Å². The fraction of sp³-hybridized carbons (Fsp3) is 0.515. The molecule has 0 heterocycles. The van der Waals surface area contributed by atoms with Crippen molar-refractivity contribution in [3.63, 3.8) is 0 Å². The summed E-state index contributed by atoms with van der Waals surface area (Å²) in [4.78, 5) is 24.8. The highest BCUT2D eigenvalue weighted by Gasteiger charge is 2.23. The normalized spacial score (nSPS) is 11.9. The van der Waals surface area contributed by atoms with Gasteiger partial charge >= 0.3 is 5.97 Å². The fourth-order valence-electron chi connectivity index (χ4n) is 3.54. The summed E-state index contributed by atoms with van der Waals surface area (Å²) in [6, 6.07) is 10.8. The number of benzene rings is 2. The molecular formula is C33H46O6. The number of carbonyl (C=O) groups is 2. The van der Waals surface area contributed by atoms with E-state index in [-0.39, 0.29) is 24.0 Å². The van der Waals surface area contributed by atoms with Gasteiger partial charge in [-0.1, -0.05) is 47.5 Å². The highest BCUT2D eigenvalue weighted by Crippen LogP contribution is 2.38. The van der Waals surface area contributed by atoms with E-state index >= 15 is 0 Å². The van der Waals surface area contributed by atoms with Crippen LogP contribution in [0, 0.1) is 5.41 Å². The number of carbonyl (C=O) groups excluding carboxylic acids is 2. The number of allylic oxidation sites excluding steroid dienone is 1. The molecule has 0 saturated carbocycles. The van der Waals surface area contributed by atoms with Crippen LogP contribution < -0.4 is 14.2 Å². The molecule has 0 aromatic heterocycles. The largest absolute Gasteiger partial charge is 0.493 e. The average molecular weight is 539 g/mol. The molecule has 6 nitrogen and oxygen atoms in total. The summed E-state index contributed by atoms with van der Waals surface area (Å²) in [7, 11) is 0. The molecule has 214 valence electrons. The first-order chi connectivity index (χ1) is 18.4. The molecule has 0 saturated heterocycles. The molecule has 0 N–H and O–H groups in total. The average Bonchev–Trinajstić information content (AvgIpc) is 2.87. The first kappa shape index (κ1) is 31.9. The van der Waals surface area contributed by atoms with Gasteiger partial charge in [0.2, 0.25) is 6.79 Å². The molecule has 0 aliphatic carbocycles. The smallest absolute Gasteiger partial charge is 0.314 e. The van der Waals surface area contributed by atoms with E-state index in [2.05, 4.69) is 40.7 Å². The van der Waals surface area contributed by atoms with Crippen molar-refractivity contribution in [1.82, 2.24) is 0 Å². The van der Waals surface area contributed by atoms with Crippen LogP contribution in [-0.4, -0.2) is 31.8 Å². The number of unbranched alkanes of at least 4 members (excludes halogenated alkanes) is 2. The van der Waals surface area contributed by atoms with E-state index in [1.165, 1.54) is 0 Å². The van der Waals surface area contributed by atoms with Crippen molar-refractivity contribution < 1.29 is 28.5 Å². The van der Waals surface area contributed by atoms with E-state index in [0.29, 0.717) is 30.3 Å². The van der Waals surface area contributed by atoms with Gasteiger partial charge in [0.1, 0.15) is 17.2 Å². The van der Waals surface area contributed by atoms with Gasteiger partial charge in [0.05, 0.1) is 18.6 Å². The van der Waals surface area contributed by atoms with E-state index in [9.17, 15) is 9.59 Å². The van der Waals surface area contributed by atoms with Crippen LogP contribution in [0.4, 0.5) is 0 Å². The molecular weight excluding hydrogens is 492 g/mol. The molecule has 39 heavy (non-hydrogen) atoms. The fourth-order valence-corrected chi connectivity index (χ4v) is 3.54. The van der Waals surface area contributed by atoms with Crippen LogP contribution in [0.1, 0.15) is 103 Å². The third kappa shape index (κ3) is 10.4. The zero-order valence-corrected chi connectivity index (χ0v) is 25.0. The predicted octanol–water partition coefficient (Wildman–Crippen LogP) is 8.16. The molecule has 0 fully saturated rings. The minimum Gasteiger partial charge on any atom is -0.493 e. The number of ketones is 1. The number of esters is 1. The van der Waals surface area contributed by atoms with Crippen molar-refractivity contribution in [3.8, 4) is 17.2 Å². The summed E-state index contributed by atoms with van der Waals surface area (Å²) in [5, 5.41) is 0. The highest BCUT2D eigenvalue weighted by atomic mass is 16.7. The van der Waals surface area contributed by atoms with Crippen LogP contribution in [0.5, 0.6) is 17.2 Å². The Labute approximate surface area is 234 Å². The molecule has 2 aromatic carbocycles. The molecule has 0 radical (unpaired) electrons. The van der Waals surface area contributed by atoms with Gasteiger partial charge in [-0.25, -0.2) is 0 Å². The second-order valence-electron chi connectivity index (χ2n) is 11.7. The maximum absolute atomic E-state index is 13.0. The highest BCUT2D eigenvalue weighted by molar-refractivity contribution is 6.07. The predicted molar refractivity (Wildman–Crippen MR) is 157 cm³/mol. The van der Waals surface area contributed by atoms with Gasteiger partial charge in [-0.2, -0.15) is 0 Å². The van der Waals surface area contributed by atoms with Crippen LogP contribution in [-0.2, 0) is 14.9 Å². The second-order valence-corrected chi connectivity index (χ2v) is 11.7. The van der Waals surface area contributed by atoms with Crippen molar-refractivity contribution >= 4 is 17.8 Å². The number of ether oxygens (including phenoxy) is 4. The summed E-state index contributed by atoms with van der Waals surface area (Å²) in [5.41, 5.74) is 1.69. The van der Waals surface area contributed by atoms with E-state index < -0.39 is 5.41 Å². The minimum absolute atomic E-state index is 0.138. The van der Waals surface area contributed by atoms with Crippen molar-refractivity contribution in [2.24, 2.45) is 5.41 Å². The molecule has 0 aliphatic rings. The van der Waals surface area contributed by atoms with Gasteiger partial charge in [0, 0.05) is 22.8 Å². The SMILES string of the molecule is CCCCOc1cc(OCCCC)c(C(C)(C)C)cc1C=CC(=O)c1ccc(OCOC(=O)C(C)(C)C)cc1. The van der Waals surface area contributed by atoms with Crippen LogP contribution in [0.15, 0.2) is 42.5 Å². The maximum Gasteiger partial charge on any atom is 0.314 e. The summed E-state index contributed by atoms with van der Waals surface area (Å²) in [6.45, 7) is 17.1. The van der Waals surface area contributed by atoms with E-state index in [0.717, 1.165) is 42.6 Å². The molecule has 0 aliphatic heterocycles. The lowest BCUT2D eigenvalue weighted by molar-refractivity contribution is -0.159. The minimum atomic E-state index is -0.594. The molecule has 2 rings (SSSR count). The Bertz CT molecular complexity index is 1100. The maximum atomic E-state index is 13.0. The van der Waals surface area contributed by atoms with Crippen LogP contribution in [0.25, 0.3) is 6.08 Å². The van der Waals surface area contributed by atoms with Crippen LogP contribution in [0.3, 0.4) is 0 Å². The lowest BCUT2D eigenvalue weighted by Crippen LogP contribution is -2.24. The quantitative estimate of drug-likeness (QED) is 0.0794. The number of hydrogen-bond donors (Lipinski definition) is 0. The third-order valence-electron chi connectivity index (χ3n) is 6.01. The molecule has 6 heteroatoms. The Balaban J connectivity index is 2.22. The van der Waals surface area contributed by atoms with Crippen molar-refractivity contribution in [3.05, 3.63) is 59.2 Å². The topological polar surface area (TPSA) is 71.1 Å². The van der Waals surface area contributed by atoms with E-state index in [1.807, 2.05) is 12.1 Å². The molecule has 2 aromatic rings. The van der Waals surface area contributed by atoms with Gasteiger partial charge in [-0.15, -0.1) is 0 Å². The Morgan fingerprint density at radius 1 is 0.795 bits per heavy atom. The van der Waals surface area contributed by atoms with E-state index in [1.54, 1.807) is 51.1 Å². The monoisotopic (exact) mass is 538 g/mol. The first-order valence-corrected chi connectivity index (χ1v) is 13.9. The van der Waals surface area contributed by atoms with Gasteiger partial charge < -0.3 is 18.9 Å². The summed E-state index contributed by atoms with van der Waals surface area (Å²) >= 11 is 0. The van der Waals surface area contributed by atoms with Crippen molar-refractivity contribution in [2.75, 3.05) is 20.0 Å². The van der Waals surface area contributed by atoms with Crippen molar-refractivity contribution in [1.29, 1.82) is 0 Å². The number of rotatable bonds is 14. The molecule has 0 atom stereocenters. The van der Waals surface area contributed by atoms with Crippen LogP contribution >= 0.6 is 0 Å². The summed E-state index contributed by atoms with van der Waals surface area (Å²) in [6.07, 6.45) is 7.39. The molecule has 0 bridgehead atoms. The zero-order valence-electron chi connectivity index (χ0n) is 25.0. The molecule has 0 unspecified atom stereocenters. The standard InChI is InChI=1S/C33H46O6/c1-9-11-19-36-29-22-30(37-20-12-10-2)27(32(3,4)5)21-25(29)15-18-28(34)24-13-16-26(17-14-24)38-23-39-31(35)33(6,7)8/h13-18,21-22H,9-12,19-20,23H2,1-8H3. The molecule has 0 spiro atoms. The van der Waals surface area contributed by atoms with Crippen LogP contribution in [0.2, 0.25) is 0 Å². The van der Waals surface area contributed by atoms with Gasteiger partial charge in [0.25, 0.3) is 0 Å². The third-order valence-corrected chi connectivity index (χ3v) is 6.01. The summed E-state index contributed by atoms with van der Waals surface area (Å²) in [5.74, 6) is 1.57.